The number of hydrogen-bond acceptors (Lipinski definition) is 2. The van der Waals surface area contributed by atoms with Gasteiger partial charge in [0, 0.05) is 5.69 Å². The first-order valence-electron chi connectivity index (χ1n) is 10.4. The summed E-state index contributed by atoms with van der Waals surface area (Å²) in [4.78, 5) is 26.2. The normalized spacial score (nSPS) is 30.1. The van der Waals surface area contributed by atoms with Gasteiger partial charge in [0.2, 0.25) is 5.91 Å². The van der Waals surface area contributed by atoms with Gasteiger partial charge in [-0.2, -0.15) is 0 Å². The zero-order chi connectivity index (χ0) is 19.1. The first-order chi connectivity index (χ1) is 13.6. The fourth-order valence-corrected chi connectivity index (χ4v) is 6.15. The third kappa shape index (κ3) is 3.11. The molecule has 6 rings (SSSR count). The monoisotopic (exact) mass is 374 g/mol. The van der Waals surface area contributed by atoms with E-state index in [1.807, 2.05) is 48.5 Å². The minimum atomic E-state index is -0.224. The number of anilines is 2. The van der Waals surface area contributed by atoms with Crippen LogP contribution < -0.4 is 10.6 Å². The van der Waals surface area contributed by atoms with E-state index in [0.29, 0.717) is 29.0 Å². The number of rotatable bonds is 4. The highest BCUT2D eigenvalue weighted by molar-refractivity contribution is 6.10. The van der Waals surface area contributed by atoms with E-state index in [2.05, 4.69) is 10.6 Å². The highest BCUT2D eigenvalue weighted by atomic mass is 16.2. The highest BCUT2D eigenvalue weighted by Gasteiger charge is 2.54. The fraction of sp³-hybridized carbons (Fsp3) is 0.417. The molecule has 4 nitrogen and oxygen atoms in total. The summed E-state index contributed by atoms with van der Waals surface area (Å²) in [6.07, 6.45) is 6.98. The van der Waals surface area contributed by atoms with Crippen LogP contribution in [-0.4, -0.2) is 11.8 Å². The molecular formula is C24H26N2O2. The van der Waals surface area contributed by atoms with Crippen molar-refractivity contribution >= 4 is 23.2 Å². The maximum absolute atomic E-state index is 13.4. The molecule has 2 aromatic carbocycles. The van der Waals surface area contributed by atoms with Gasteiger partial charge in [0.05, 0.1) is 16.7 Å². The molecule has 0 atom stereocenters. The van der Waals surface area contributed by atoms with Crippen molar-refractivity contribution in [2.45, 2.75) is 38.5 Å². The molecule has 2 N–H and O–H groups in total. The molecular weight excluding hydrogens is 348 g/mol. The first kappa shape index (κ1) is 17.5. The number of hydrogen-bond donors (Lipinski definition) is 2. The van der Waals surface area contributed by atoms with E-state index in [9.17, 15) is 9.59 Å². The van der Waals surface area contributed by atoms with E-state index >= 15 is 0 Å². The van der Waals surface area contributed by atoms with Crippen molar-refractivity contribution in [2.75, 3.05) is 10.6 Å². The third-order valence-electron chi connectivity index (χ3n) is 6.97. The highest BCUT2D eigenvalue weighted by Crippen LogP contribution is 2.60. The van der Waals surface area contributed by atoms with Crippen molar-refractivity contribution in [3.63, 3.8) is 0 Å². The van der Waals surface area contributed by atoms with E-state index in [0.717, 1.165) is 24.9 Å². The number of carbonyl (C=O) groups is 2. The number of carbonyl (C=O) groups excluding carboxylic acids is 2. The number of para-hydroxylation sites is 2. The van der Waals surface area contributed by atoms with Crippen molar-refractivity contribution in [3.05, 3.63) is 60.2 Å². The van der Waals surface area contributed by atoms with Crippen LogP contribution in [0.2, 0.25) is 0 Å². The molecule has 4 fully saturated rings. The van der Waals surface area contributed by atoms with Crippen LogP contribution in [0.25, 0.3) is 0 Å². The molecule has 144 valence electrons. The van der Waals surface area contributed by atoms with Crippen LogP contribution in [0.1, 0.15) is 48.9 Å². The predicted octanol–water partition coefficient (Wildman–Crippen LogP) is 5.09. The standard InChI is InChI=1S/C24H26N2O2/c27-22(25-19-6-2-1-3-7-19)20-8-4-5-9-21(20)26-23(28)24-13-16-10-17(14-24)12-18(11-16)15-24/h1-9,16-18H,10-15H2,(H,25,27)(H,26,28). The van der Waals surface area contributed by atoms with Gasteiger partial charge in [-0.15, -0.1) is 0 Å². The zero-order valence-corrected chi connectivity index (χ0v) is 16.0. The molecule has 0 heterocycles. The lowest BCUT2D eigenvalue weighted by Gasteiger charge is -2.55. The lowest BCUT2D eigenvalue weighted by atomic mass is 9.49. The first-order valence-corrected chi connectivity index (χ1v) is 10.4. The Bertz CT molecular complexity index is 871. The Morgan fingerprint density at radius 2 is 1.32 bits per heavy atom. The Labute approximate surface area is 165 Å². The average molecular weight is 374 g/mol. The second-order valence-corrected chi connectivity index (χ2v) is 9.02. The Morgan fingerprint density at radius 1 is 0.750 bits per heavy atom. The molecule has 4 saturated carbocycles. The minimum absolute atomic E-state index is 0.117. The Balaban J connectivity index is 1.36. The lowest BCUT2D eigenvalue weighted by Crippen LogP contribution is -2.51. The molecule has 4 heteroatoms. The van der Waals surface area contributed by atoms with E-state index in [4.69, 9.17) is 0 Å². The van der Waals surface area contributed by atoms with Gasteiger partial charge in [0.25, 0.3) is 5.91 Å². The van der Waals surface area contributed by atoms with Crippen LogP contribution >= 0.6 is 0 Å². The molecule has 0 aliphatic heterocycles. The second-order valence-electron chi connectivity index (χ2n) is 9.02. The summed E-state index contributed by atoms with van der Waals surface area (Å²) in [5.41, 5.74) is 1.63. The van der Waals surface area contributed by atoms with Gasteiger partial charge in [0.1, 0.15) is 0 Å². The van der Waals surface area contributed by atoms with E-state index in [1.54, 1.807) is 6.07 Å². The quantitative estimate of drug-likeness (QED) is 0.783. The SMILES string of the molecule is O=C(Nc1ccccc1)c1ccccc1NC(=O)C12CC3CC(CC(C3)C1)C2. The molecule has 4 aliphatic carbocycles. The molecule has 28 heavy (non-hydrogen) atoms. The van der Waals surface area contributed by atoms with Crippen molar-refractivity contribution in [2.24, 2.45) is 23.2 Å². The number of amides is 2. The van der Waals surface area contributed by atoms with Gasteiger partial charge in [-0.25, -0.2) is 0 Å². The van der Waals surface area contributed by atoms with Gasteiger partial charge in [-0.05, 0) is 80.5 Å². The molecule has 4 bridgehead atoms. The summed E-state index contributed by atoms with van der Waals surface area (Å²) < 4.78 is 0. The third-order valence-corrected chi connectivity index (χ3v) is 6.97. The second kappa shape index (κ2) is 6.77. The van der Waals surface area contributed by atoms with Gasteiger partial charge < -0.3 is 10.6 Å². The van der Waals surface area contributed by atoms with Crippen LogP contribution in [-0.2, 0) is 4.79 Å². The maximum atomic E-state index is 13.4. The van der Waals surface area contributed by atoms with Crippen LogP contribution in [0.15, 0.2) is 54.6 Å². The smallest absolute Gasteiger partial charge is 0.257 e. The van der Waals surface area contributed by atoms with Crippen LogP contribution in [0.4, 0.5) is 11.4 Å². The predicted molar refractivity (Wildman–Crippen MR) is 110 cm³/mol. The summed E-state index contributed by atoms with van der Waals surface area (Å²) in [7, 11) is 0. The Kier molecular flexibility index (Phi) is 4.22. The molecule has 0 radical (unpaired) electrons. The number of nitrogens with one attached hydrogen (secondary N) is 2. The van der Waals surface area contributed by atoms with Crippen LogP contribution in [0.5, 0.6) is 0 Å². The molecule has 0 saturated heterocycles. The zero-order valence-electron chi connectivity index (χ0n) is 16.0. The van der Waals surface area contributed by atoms with Crippen molar-refractivity contribution in [3.8, 4) is 0 Å². The maximum Gasteiger partial charge on any atom is 0.257 e. The molecule has 2 aromatic rings. The summed E-state index contributed by atoms with van der Waals surface area (Å²) in [5, 5.41) is 6.05. The van der Waals surface area contributed by atoms with Gasteiger partial charge in [-0.3, -0.25) is 9.59 Å². The summed E-state index contributed by atoms with van der Waals surface area (Å²) in [6, 6.07) is 16.7. The van der Waals surface area contributed by atoms with E-state index in [1.165, 1.54) is 19.3 Å². The van der Waals surface area contributed by atoms with Gasteiger partial charge >= 0.3 is 0 Å². The minimum Gasteiger partial charge on any atom is -0.325 e. The molecule has 2 amide bonds. The van der Waals surface area contributed by atoms with E-state index < -0.39 is 0 Å². The van der Waals surface area contributed by atoms with Crippen LogP contribution in [0, 0.1) is 23.2 Å². The van der Waals surface area contributed by atoms with Crippen molar-refractivity contribution < 1.29 is 9.59 Å². The number of benzene rings is 2. The summed E-state index contributed by atoms with van der Waals surface area (Å²) >= 11 is 0. The molecule has 0 spiro atoms. The topological polar surface area (TPSA) is 58.2 Å². The van der Waals surface area contributed by atoms with Crippen LogP contribution in [0.3, 0.4) is 0 Å². The fourth-order valence-electron chi connectivity index (χ4n) is 6.15. The molecule has 0 unspecified atom stereocenters. The largest absolute Gasteiger partial charge is 0.325 e. The Hall–Kier alpha value is -2.62. The lowest BCUT2D eigenvalue weighted by molar-refractivity contribution is -0.140. The van der Waals surface area contributed by atoms with Gasteiger partial charge in [-0.1, -0.05) is 30.3 Å². The molecule has 0 aromatic heterocycles. The molecule has 4 aliphatic rings. The van der Waals surface area contributed by atoms with Gasteiger partial charge in [0.15, 0.2) is 0 Å². The van der Waals surface area contributed by atoms with Crippen molar-refractivity contribution in [1.82, 2.24) is 0 Å². The summed E-state index contributed by atoms with van der Waals surface area (Å²) in [6.45, 7) is 0. The summed E-state index contributed by atoms with van der Waals surface area (Å²) in [5.74, 6) is 2.06. The average Bonchev–Trinajstić information content (AvgIpc) is 2.68. The Morgan fingerprint density at radius 3 is 1.96 bits per heavy atom. The van der Waals surface area contributed by atoms with E-state index in [-0.39, 0.29) is 17.2 Å². The van der Waals surface area contributed by atoms with Crippen molar-refractivity contribution in [1.29, 1.82) is 0 Å².